The van der Waals surface area contributed by atoms with Crippen molar-refractivity contribution in [2.75, 3.05) is 0 Å². The first-order chi connectivity index (χ1) is 6.52. The normalized spacial score (nSPS) is 12.1. The van der Waals surface area contributed by atoms with Crippen LogP contribution in [-0.4, -0.2) is 16.8 Å². The first-order valence-electron chi connectivity index (χ1n) is 4.09. The third-order valence-electron chi connectivity index (χ3n) is 1.96. The molecule has 0 saturated carbocycles. The van der Waals surface area contributed by atoms with Gasteiger partial charge >= 0.3 is 5.97 Å². The van der Waals surface area contributed by atoms with Crippen LogP contribution in [0.5, 0.6) is 0 Å². The van der Waals surface area contributed by atoms with E-state index < -0.39 is 17.7 Å². The van der Waals surface area contributed by atoms with Gasteiger partial charge in [0, 0.05) is 0 Å². The van der Waals surface area contributed by atoms with Gasteiger partial charge in [-0.05, 0) is 24.6 Å². The van der Waals surface area contributed by atoms with Crippen molar-refractivity contribution in [3.63, 3.8) is 0 Å². The summed E-state index contributed by atoms with van der Waals surface area (Å²) in [6.07, 6.45) is 0. The molecule has 1 unspecified atom stereocenters. The summed E-state index contributed by atoms with van der Waals surface area (Å²) in [5, 5.41) is 16.2. The highest BCUT2D eigenvalue weighted by Gasteiger charge is 2.17. The molecule has 0 aliphatic rings. The topological polar surface area (TPSA) is 61.2 Å². The van der Waals surface area contributed by atoms with E-state index in [2.05, 4.69) is 0 Å². The molecule has 0 bridgehead atoms. The van der Waals surface area contributed by atoms with Crippen LogP contribution in [0.3, 0.4) is 0 Å². The van der Waals surface area contributed by atoms with Gasteiger partial charge in [-0.2, -0.15) is 0 Å². The molecule has 0 spiro atoms. The van der Waals surface area contributed by atoms with E-state index in [9.17, 15) is 9.18 Å². The van der Waals surface area contributed by atoms with Gasteiger partial charge in [-0.1, -0.05) is 12.1 Å². The van der Waals surface area contributed by atoms with Gasteiger partial charge < -0.3 is 10.5 Å². The molecule has 3 nitrogen and oxygen atoms in total. The average molecular weight is 195 g/mol. The van der Waals surface area contributed by atoms with Crippen LogP contribution >= 0.6 is 0 Å². The number of rotatable bonds is 3. The standard InChI is InChI=1S/C10H10FNO2/c1-6(10(13)14)9(12)7-2-4-8(11)5-3-7/h2-6,12H,1H3,(H,13,14). The Hall–Kier alpha value is -1.71. The van der Waals surface area contributed by atoms with E-state index >= 15 is 0 Å². The maximum Gasteiger partial charge on any atom is 0.312 e. The first kappa shape index (κ1) is 10.4. The number of carbonyl (C=O) groups is 1. The van der Waals surface area contributed by atoms with Crippen LogP contribution in [-0.2, 0) is 4.79 Å². The third-order valence-corrected chi connectivity index (χ3v) is 1.96. The van der Waals surface area contributed by atoms with Gasteiger partial charge in [0.1, 0.15) is 5.82 Å². The minimum absolute atomic E-state index is 0.0162. The van der Waals surface area contributed by atoms with Crippen LogP contribution in [0.25, 0.3) is 0 Å². The summed E-state index contributed by atoms with van der Waals surface area (Å²) in [6.45, 7) is 1.42. The van der Waals surface area contributed by atoms with Gasteiger partial charge in [0.15, 0.2) is 0 Å². The van der Waals surface area contributed by atoms with E-state index in [1.807, 2.05) is 0 Å². The lowest BCUT2D eigenvalue weighted by atomic mass is 9.99. The summed E-state index contributed by atoms with van der Waals surface area (Å²) in [5.41, 5.74) is 0.416. The number of halogens is 1. The zero-order chi connectivity index (χ0) is 10.7. The zero-order valence-electron chi connectivity index (χ0n) is 7.62. The Morgan fingerprint density at radius 2 is 1.93 bits per heavy atom. The SMILES string of the molecule is CC(C(=N)c1ccc(F)cc1)C(=O)O. The monoisotopic (exact) mass is 195 g/mol. The molecule has 0 aromatic heterocycles. The second-order valence-corrected chi connectivity index (χ2v) is 2.98. The van der Waals surface area contributed by atoms with Crippen molar-refractivity contribution in [3.05, 3.63) is 35.6 Å². The quantitative estimate of drug-likeness (QED) is 0.724. The molecule has 0 aliphatic carbocycles. The Labute approximate surface area is 80.7 Å². The van der Waals surface area contributed by atoms with Crippen LogP contribution in [0.4, 0.5) is 4.39 Å². The van der Waals surface area contributed by atoms with Crippen molar-refractivity contribution < 1.29 is 14.3 Å². The summed E-state index contributed by atoms with van der Waals surface area (Å²) in [5.74, 6) is -2.33. The molecule has 0 fully saturated rings. The Morgan fingerprint density at radius 3 is 2.36 bits per heavy atom. The van der Waals surface area contributed by atoms with Gasteiger partial charge in [-0.15, -0.1) is 0 Å². The minimum atomic E-state index is -1.06. The lowest BCUT2D eigenvalue weighted by molar-refractivity contribution is -0.138. The van der Waals surface area contributed by atoms with Crippen LogP contribution < -0.4 is 0 Å². The van der Waals surface area contributed by atoms with Crippen molar-refractivity contribution >= 4 is 11.7 Å². The molecule has 14 heavy (non-hydrogen) atoms. The van der Waals surface area contributed by atoms with E-state index in [0.29, 0.717) is 5.56 Å². The summed E-state index contributed by atoms with van der Waals surface area (Å²) >= 11 is 0. The van der Waals surface area contributed by atoms with Crippen molar-refractivity contribution in [1.29, 1.82) is 5.41 Å². The fraction of sp³-hybridized carbons (Fsp3) is 0.200. The summed E-state index contributed by atoms with van der Waals surface area (Å²) < 4.78 is 12.5. The maximum atomic E-state index is 12.5. The Bertz CT molecular complexity index is 359. The molecular weight excluding hydrogens is 185 g/mol. The third kappa shape index (κ3) is 2.16. The fourth-order valence-electron chi connectivity index (χ4n) is 1.00. The smallest absolute Gasteiger partial charge is 0.312 e. The van der Waals surface area contributed by atoms with E-state index in [1.54, 1.807) is 0 Å². The minimum Gasteiger partial charge on any atom is -0.481 e. The van der Waals surface area contributed by atoms with Crippen molar-refractivity contribution in [2.24, 2.45) is 5.92 Å². The first-order valence-corrected chi connectivity index (χ1v) is 4.09. The summed E-state index contributed by atoms with van der Waals surface area (Å²) in [4.78, 5) is 10.6. The Balaban J connectivity index is 2.90. The molecular formula is C10H10FNO2. The number of hydrogen-bond acceptors (Lipinski definition) is 2. The van der Waals surface area contributed by atoms with Crippen LogP contribution in [0.2, 0.25) is 0 Å². The molecule has 1 rings (SSSR count). The molecule has 1 aromatic carbocycles. The van der Waals surface area contributed by atoms with Gasteiger partial charge in [0.05, 0.1) is 11.6 Å². The molecule has 0 aliphatic heterocycles. The molecule has 2 N–H and O–H groups in total. The van der Waals surface area contributed by atoms with Crippen LogP contribution in [0, 0.1) is 17.1 Å². The average Bonchev–Trinajstić information content (AvgIpc) is 2.16. The highest BCUT2D eigenvalue weighted by atomic mass is 19.1. The molecule has 1 aromatic rings. The lowest BCUT2D eigenvalue weighted by Gasteiger charge is -2.07. The Morgan fingerprint density at radius 1 is 1.43 bits per heavy atom. The highest BCUT2D eigenvalue weighted by molar-refractivity contribution is 6.09. The summed E-state index contributed by atoms with van der Waals surface area (Å²) in [6, 6.07) is 5.21. The molecule has 0 radical (unpaired) electrons. The number of carboxylic acids is 1. The van der Waals surface area contributed by atoms with Gasteiger partial charge in [-0.3, -0.25) is 4.79 Å². The van der Waals surface area contributed by atoms with Crippen LogP contribution in [0.15, 0.2) is 24.3 Å². The van der Waals surface area contributed by atoms with Gasteiger partial charge in [0.25, 0.3) is 0 Å². The molecule has 0 saturated heterocycles. The molecule has 1 atom stereocenters. The second kappa shape index (κ2) is 4.00. The highest BCUT2D eigenvalue weighted by Crippen LogP contribution is 2.09. The van der Waals surface area contributed by atoms with Crippen LogP contribution in [0.1, 0.15) is 12.5 Å². The van der Waals surface area contributed by atoms with Crippen molar-refractivity contribution in [3.8, 4) is 0 Å². The van der Waals surface area contributed by atoms with E-state index in [0.717, 1.165) is 0 Å². The molecule has 0 heterocycles. The number of nitrogens with one attached hydrogen (secondary N) is 1. The van der Waals surface area contributed by atoms with E-state index in [1.165, 1.54) is 31.2 Å². The molecule has 74 valence electrons. The molecule has 0 amide bonds. The number of benzene rings is 1. The van der Waals surface area contributed by atoms with E-state index in [-0.39, 0.29) is 5.71 Å². The zero-order valence-corrected chi connectivity index (χ0v) is 7.62. The lowest BCUT2D eigenvalue weighted by Crippen LogP contribution is -2.20. The van der Waals surface area contributed by atoms with Crippen molar-refractivity contribution in [1.82, 2.24) is 0 Å². The predicted molar refractivity (Wildman–Crippen MR) is 50.0 cm³/mol. The predicted octanol–water partition coefficient (Wildman–Crippen LogP) is 1.91. The van der Waals surface area contributed by atoms with Crippen molar-refractivity contribution in [2.45, 2.75) is 6.92 Å². The summed E-state index contributed by atoms with van der Waals surface area (Å²) in [7, 11) is 0. The van der Waals surface area contributed by atoms with Gasteiger partial charge in [-0.25, -0.2) is 4.39 Å². The number of hydrogen-bond donors (Lipinski definition) is 2. The Kier molecular flexibility index (Phi) is 2.96. The van der Waals surface area contributed by atoms with Gasteiger partial charge in [0.2, 0.25) is 0 Å². The number of carboxylic acid groups (broad SMARTS) is 1. The number of aliphatic carboxylic acids is 1. The second-order valence-electron chi connectivity index (χ2n) is 2.98. The largest absolute Gasteiger partial charge is 0.481 e. The molecule has 4 heteroatoms. The van der Waals surface area contributed by atoms with E-state index in [4.69, 9.17) is 10.5 Å². The fourth-order valence-corrected chi connectivity index (χ4v) is 1.00. The maximum absolute atomic E-state index is 12.5.